The molecule has 6 heteroatoms. The Labute approximate surface area is 148 Å². The molecule has 1 N–H and O–H groups in total. The molecule has 0 saturated carbocycles. The van der Waals surface area contributed by atoms with Gasteiger partial charge in [0.15, 0.2) is 11.5 Å². The number of aromatic nitrogens is 2. The molecule has 3 aromatic rings. The van der Waals surface area contributed by atoms with Crippen molar-refractivity contribution in [1.82, 2.24) is 9.97 Å². The minimum atomic E-state index is -0.497. The first kappa shape index (κ1) is 16.4. The Morgan fingerprint density at radius 2 is 1.67 bits per heavy atom. The molecule has 3 rings (SSSR count). The average molecular weight is 386 g/mol. The van der Waals surface area contributed by atoms with Gasteiger partial charge in [-0.25, -0.2) is 14.8 Å². The van der Waals surface area contributed by atoms with Crippen molar-refractivity contribution in [3.05, 3.63) is 58.7 Å². The van der Waals surface area contributed by atoms with Gasteiger partial charge in [0.05, 0.1) is 17.1 Å². The molecule has 0 spiro atoms. The lowest BCUT2D eigenvalue weighted by atomic mass is 10.2. The molecule has 0 aliphatic rings. The Morgan fingerprint density at radius 3 is 2.29 bits per heavy atom. The summed E-state index contributed by atoms with van der Waals surface area (Å²) >= 11 is 3.40. The van der Waals surface area contributed by atoms with Crippen molar-refractivity contribution in [3.8, 4) is 0 Å². The standard InChI is InChI=1S/C18H16BrN3O2/c1-11(2)24-18(23)16-17(20-13-9-7-12(19)8-10-13)22-15-6-4-3-5-14(15)21-16/h3-11H,1-2H3,(H,20,22). The molecule has 2 aromatic carbocycles. The first-order chi connectivity index (χ1) is 11.5. The summed E-state index contributed by atoms with van der Waals surface area (Å²) in [6.07, 6.45) is -0.230. The molecule has 1 heterocycles. The lowest BCUT2D eigenvalue weighted by Gasteiger charge is -2.13. The predicted molar refractivity (Wildman–Crippen MR) is 97.5 cm³/mol. The molecule has 0 bridgehead atoms. The number of ether oxygens (including phenoxy) is 1. The van der Waals surface area contributed by atoms with Crippen LogP contribution in [0.3, 0.4) is 0 Å². The number of fused-ring (bicyclic) bond motifs is 1. The van der Waals surface area contributed by atoms with E-state index in [0.717, 1.165) is 10.2 Å². The molecule has 0 saturated heterocycles. The molecular weight excluding hydrogens is 370 g/mol. The molecule has 0 aliphatic heterocycles. The van der Waals surface area contributed by atoms with Crippen LogP contribution in [0.25, 0.3) is 11.0 Å². The third-order valence-corrected chi connectivity index (χ3v) is 3.74. The van der Waals surface area contributed by atoms with Gasteiger partial charge in [-0.05, 0) is 50.2 Å². The van der Waals surface area contributed by atoms with Crippen LogP contribution in [-0.4, -0.2) is 22.0 Å². The third-order valence-electron chi connectivity index (χ3n) is 3.21. The van der Waals surface area contributed by atoms with E-state index >= 15 is 0 Å². The summed E-state index contributed by atoms with van der Waals surface area (Å²) in [5.74, 6) is -0.121. The van der Waals surface area contributed by atoms with Crippen molar-refractivity contribution in [1.29, 1.82) is 0 Å². The Morgan fingerprint density at radius 1 is 1.04 bits per heavy atom. The maximum absolute atomic E-state index is 12.4. The van der Waals surface area contributed by atoms with Crippen LogP contribution in [-0.2, 0) is 4.74 Å². The zero-order valence-electron chi connectivity index (χ0n) is 13.3. The largest absolute Gasteiger partial charge is 0.458 e. The van der Waals surface area contributed by atoms with Crippen LogP contribution < -0.4 is 5.32 Å². The van der Waals surface area contributed by atoms with Crippen LogP contribution in [0.5, 0.6) is 0 Å². The number of anilines is 2. The summed E-state index contributed by atoms with van der Waals surface area (Å²) in [5, 5.41) is 3.15. The van der Waals surface area contributed by atoms with Crippen molar-refractivity contribution >= 4 is 44.4 Å². The van der Waals surface area contributed by atoms with E-state index in [4.69, 9.17) is 4.74 Å². The second kappa shape index (κ2) is 6.97. The molecule has 0 atom stereocenters. The lowest BCUT2D eigenvalue weighted by Crippen LogP contribution is -2.16. The first-order valence-electron chi connectivity index (χ1n) is 7.53. The molecule has 0 aliphatic carbocycles. The Balaban J connectivity index is 2.05. The minimum Gasteiger partial charge on any atom is -0.458 e. The number of hydrogen-bond acceptors (Lipinski definition) is 5. The number of benzene rings is 2. The molecule has 0 radical (unpaired) electrons. The van der Waals surface area contributed by atoms with E-state index in [0.29, 0.717) is 16.9 Å². The number of nitrogens with zero attached hydrogens (tertiary/aromatic N) is 2. The van der Waals surface area contributed by atoms with Gasteiger partial charge in [-0.1, -0.05) is 28.1 Å². The summed E-state index contributed by atoms with van der Waals surface area (Å²) in [4.78, 5) is 21.4. The van der Waals surface area contributed by atoms with Crippen LogP contribution in [0.4, 0.5) is 11.5 Å². The molecule has 1 aromatic heterocycles. The minimum absolute atomic E-state index is 0.172. The summed E-state index contributed by atoms with van der Waals surface area (Å²) in [7, 11) is 0. The van der Waals surface area contributed by atoms with Crippen molar-refractivity contribution in [2.45, 2.75) is 20.0 Å². The summed E-state index contributed by atoms with van der Waals surface area (Å²) in [6, 6.07) is 15.0. The van der Waals surface area contributed by atoms with Crippen molar-refractivity contribution in [2.24, 2.45) is 0 Å². The summed E-state index contributed by atoms with van der Waals surface area (Å²) in [6.45, 7) is 3.60. The van der Waals surface area contributed by atoms with E-state index < -0.39 is 5.97 Å². The fourth-order valence-corrected chi connectivity index (χ4v) is 2.43. The third kappa shape index (κ3) is 3.71. The zero-order chi connectivity index (χ0) is 17.1. The molecule has 122 valence electrons. The highest BCUT2D eigenvalue weighted by molar-refractivity contribution is 9.10. The molecule has 0 fully saturated rings. The monoisotopic (exact) mass is 385 g/mol. The summed E-state index contributed by atoms with van der Waals surface area (Å²) in [5.41, 5.74) is 2.33. The maximum Gasteiger partial charge on any atom is 0.361 e. The van der Waals surface area contributed by atoms with E-state index in [9.17, 15) is 4.79 Å². The molecule has 5 nitrogen and oxygen atoms in total. The van der Waals surface area contributed by atoms with Gasteiger partial charge < -0.3 is 10.1 Å². The summed E-state index contributed by atoms with van der Waals surface area (Å²) < 4.78 is 6.26. The van der Waals surface area contributed by atoms with Gasteiger partial charge in [-0.15, -0.1) is 0 Å². The van der Waals surface area contributed by atoms with Crippen molar-refractivity contribution in [2.75, 3.05) is 5.32 Å². The topological polar surface area (TPSA) is 64.1 Å². The Kier molecular flexibility index (Phi) is 4.76. The van der Waals surface area contributed by atoms with E-state index in [-0.39, 0.29) is 11.8 Å². The Bertz CT molecular complexity index is 879. The van der Waals surface area contributed by atoms with E-state index in [1.165, 1.54) is 0 Å². The quantitative estimate of drug-likeness (QED) is 0.659. The molecule has 0 unspecified atom stereocenters. The second-order valence-electron chi connectivity index (χ2n) is 5.50. The van der Waals surface area contributed by atoms with E-state index in [1.54, 1.807) is 13.8 Å². The SMILES string of the molecule is CC(C)OC(=O)c1nc2ccccc2nc1Nc1ccc(Br)cc1. The van der Waals surface area contributed by atoms with Crippen molar-refractivity contribution in [3.63, 3.8) is 0 Å². The smallest absolute Gasteiger partial charge is 0.361 e. The Hall–Kier alpha value is -2.47. The number of rotatable bonds is 4. The lowest BCUT2D eigenvalue weighted by molar-refractivity contribution is 0.0372. The average Bonchev–Trinajstić information content (AvgIpc) is 2.55. The highest BCUT2D eigenvalue weighted by Crippen LogP contribution is 2.23. The maximum atomic E-state index is 12.4. The van der Waals surface area contributed by atoms with Crippen LogP contribution in [0.1, 0.15) is 24.3 Å². The van der Waals surface area contributed by atoms with Gasteiger partial charge in [0.1, 0.15) is 0 Å². The normalized spacial score (nSPS) is 10.8. The van der Waals surface area contributed by atoms with Gasteiger partial charge in [0.2, 0.25) is 0 Å². The van der Waals surface area contributed by atoms with Gasteiger partial charge >= 0.3 is 5.97 Å². The van der Waals surface area contributed by atoms with Crippen LogP contribution >= 0.6 is 15.9 Å². The highest BCUT2D eigenvalue weighted by atomic mass is 79.9. The number of nitrogens with one attached hydrogen (secondary N) is 1. The number of hydrogen-bond donors (Lipinski definition) is 1. The molecule has 24 heavy (non-hydrogen) atoms. The number of carbonyl (C=O) groups is 1. The van der Waals surface area contributed by atoms with E-state index in [1.807, 2.05) is 48.5 Å². The van der Waals surface area contributed by atoms with Crippen LogP contribution in [0.2, 0.25) is 0 Å². The fourth-order valence-electron chi connectivity index (χ4n) is 2.17. The van der Waals surface area contributed by atoms with E-state index in [2.05, 4.69) is 31.2 Å². The predicted octanol–water partition coefficient (Wildman–Crippen LogP) is 4.70. The molecule has 0 amide bonds. The molecular formula is C18H16BrN3O2. The number of carbonyl (C=O) groups excluding carboxylic acids is 1. The highest BCUT2D eigenvalue weighted by Gasteiger charge is 2.19. The second-order valence-corrected chi connectivity index (χ2v) is 6.41. The zero-order valence-corrected chi connectivity index (χ0v) is 14.9. The van der Waals surface area contributed by atoms with Crippen LogP contribution in [0, 0.1) is 0 Å². The van der Waals surface area contributed by atoms with Gasteiger partial charge in [-0.3, -0.25) is 0 Å². The van der Waals surface area contributed by atoms with Gasteiger partial charge in [0, 0.05) is 10.2 Å². The van der Waals surface area contributed by atoms with Crippen LogP contribution in [0.15, 0.2) is 53.0 Å². The number of esters is 1. The van der Waals surface area contributed by atoms with Gasteiger partial charge in [0.25, 0.3) is 0 Å². The van der Waals surface area contributed by atoms with Gasteiger partial charge in [-0.2, -0.15) is 0 Å². The fraction of sp³-hybridized carbons (Fsp3) is 0.167. The number of para-hydroxylation sites is 2. The first-order valence-corrected chi connectivity index (χ1v) is 8.32. The van der Waals surface area contributed by atoms with Crippen molar-refractivity contribution < 1.29 is 9.53 Å². The number of halogens is 1.